The average Bonchev–Trinajstić information content (AvgIpc) is 3.31. The third-order valence-corrected chi connectivity index (χ3v) is 4.65. The molecule has 2 atom stereocenters. The first kappa shape index (κ1) is 23.4. The van der Waals surface area contributed by atoms with Gasteiger partial charge in [-0.1, -0.05) is 73.4 Å². The first-order chi connectivity index (χ1) is 14.5. The number of aromatic nitrogens is 2. The molecule has 1 aliphatic rings. The highest BCUT2D eigenvalue weighted by molar-refractivity contribution is 5.27. The molecule has 2 aromatic carbocycles. The van der Waals surface area contributed by atoms with Crippen LogP contribution in [0, 0.1) is 19.8 Å². The molecule has 0 saturated heterocycles. The number of hydrogen-bond acceptors (Lipinski definition) is 6. The van der Waals surface area contributed by atoms with Gasteiger partial charge in [0.2, 0.25) is 5.89 Å². The van der Waals surface area contributed by atoms with Crippen LogP contribution in [0.3, 0.4) is 0 Å². The summed E-state index contributed by atoms with van der Waals surface area (Å²) in [5.41, 5.74) is 8.99. The second-order valence-electron chi connectivity index (χ2n) is 7.32. The van der Waals surface area contributed by atoms with Crippen molar-refractivity contribution in [2.24, 2.45) is 5.92 Å². The minimum absolute atomic E-state index is 0.135. The van der Waals surface area contributed by atoms with Gasteiger partial charge in [-0.05, 0) is 43.9 Å². The highest BCUT2D eigenvalue weighted by Crippen LogP contribution is 2.29. The number of nitrogens with two attached hydrogens (primary N) is 1. The van der Waals surface area contributed by atoms with Gasteiger partial charge in [-0.15, -0.1) is 5.10 Å². The quantitative estimate of drug-likeness (QED) is 0.591. The van der Waals surface area contributed by atoms with Crippen LogP contribution in [0.2, 0.25) is 0 Å². The molecule has 0 bridgehead atoms. The van der Waals surface area contributed by atoms with Crippen molar-refractivity contribution in [1.82, 2.24) is 15.5 Å². The van der Waals surface area contributed by atoms with Crippen LogP contribution < -0.4 is 15.8 Å². The van der Waals surface area contributed by atoms with Gasteiger partial charge in [-0.2, -0.15) is 0 Å². The Hall–Kier alpha value is -2.86. The predicted octanol–water partition coefficient (Wildman–Crippen LogP) is 5.06. The van der Waals surface area contributed by atoms with E-state index in [1.807, 2.05) is 26.0 Å². The molecule has 1 aromatic heterocycles. The summed E-state index contributed by atoms with van der Waals surface area (Å²) >= 11 is 0. The lowest BCUT2D eigenvalue weighted by Gasteiger charge is -2.06. The molecular weight excluding hydrogens is 376 g/mol. The van der Waals surface area contributed by atoms with E-state index in [1.165, 1.54) is 23.1 Å². The number of nitrogens with one attached hydrogen (secondary N) is 1. The largest absolute Gasteiger partial charge is 0.489 e. The molecule has 6 heteroatoms. The molecule has 1 saturated carbocycles. The maximum absolute atomic E-state index is 5.69. The second kappa shape index (κ2) is 12.0. The molecule has 4 rings (SSSR count). The minimum atomic E-state index is 0.135. The molecule has 0 spiro atoms. The van der Waals surface area contributed by atoms with E-state index in [4.69, 9.17) is 14.9 Å². The van der Waals surface area contributed by atoms with Crippen molar-refractivity contribution in [2.45, 2.75) is 60.2 Å². The first-order valence-corrected chi connectivity index (χ1v) is 10.6. The number of rotatable bonds is 6. The van der Waals surface area contributed by atoms with Crippen LogP contribution >= 0.6 is 0 Å². The van der Waals surface area contributed by atoms with E-state index < -0.39 is 0 Å². The monoisotopic (exact) mass is 410 g/mol. The van der Waals surface area contributed by atoms with Gasteiger partial charge in [0.05, 0.1) is 6.54 Å². The molecule has 0 aliphatic heterocycles. The number of ether oxygens (including phenoxy) is 1. The SMILES string of the molecule is CC.CC1C[C@@H]1NCc1nnc(N)o1.Cc1ccc(COc2ccc(C)cc2)cc1. The van der Waals surface area contributed by atoms with Crippen LogP contribution in [0.5, 0.6) is 5.75 Å². The summed E-state index contributed by atoms with van der Waals surface area (Å²) in [5.74, 6) is 2.27. The highest BCUT2D eigenvalue weighted by Gasteiger charge is 2.32. The lowest BCUT2D eigenvalue weighted by atomic mass is 10.2. The van der Waals surface area contributed by atoms with Gasteiger partial charge in [-0.25, -0.2) is 0 Å². The number of hydrogen-bond donors (Lipinski definition) is 2. The van der Waals surface area contributed by atoms with Crippen LogP contribution in [0.1, 0.15) is 49.8 Å². The average molecular weight is 411 g/mol. The lowest BCUT2D eigenvalue weighted by Crippen LogP contribution is -2.17. The van der Waals surface area contributed by atoms with E-state index in [1.54, 1.807) is 0 Å². The van der Waals surface area contributed by atoms with Crippen molar-refractivity contribution in [2.75, 3.05) is 5.73 Å². The topological polar surface area (TPSA) is 86.2 Å². The molecule has 1 unspecified atom stereocenters. The van der Waals surface area contributed by atoms with Gasteiger partial charge < -0.3 is 20.2 Å². The number of nitrogens with zero attached hydrogens (tertiary/aromatic N) is 2. The Morgan fingerprint density at radius 2 is 1.57 bits per heavy atom. The Balaban J connectivity index is 0.000000204. The molecular formula is C24H34N4O2. The zero-order chi connectivity index (χ0) is 21.9. The van der Waals surface area contributed by atoms with Crippen LogP contribution in [-0.4, -0.2) is 16.2 Å². The zero-order valence-corrected chi connectivity index (χ0v) is 18.7. The zero-order valence-electron chi connectivity index (χ0n) is 18.7. The maximum atomic E-state index is 5.69. The van der Waals surface area contributed by atoms with Crippen molar-refractivity contribution >= 4 is 6.01 Å². The van der Waals surface area contributed by atoms with Crippen LogP contribution in [0.15, 0.2) is 52.9 Å². The van der Waals surface area contributed by atoms with Crippen molar-refractivity contribution in [3.05, 3.63) is 71.1 Å². The first-order valence-electron chi connectivity index (χ1n) is 10.6. The van der Waals surface area contributed by atoms with E-state index in [9.17, 15) is 0 Å². The van der Waals surface area contributed by atoms with Crippen LogP contribution in [0.25, 0.3) is 0 Å². The number of anilines is 1. The summed E-state index contributed by atoms with van der Waals surface area (Å²) in [6.45, 7) is 11.6. The molecule has 1 heterocycles. The molecule has 0 radical (unpaired) electrons. The summed E-state index contributed by atoms with van der Waals surface area (Å²) in [6.07, 6.45) is 1.24. The number of nitrogen functional groups attached to an aromatic ring is 1. The fourth-order valence-corrected chi connectivity index (χ4v) is 2.65. The Bertz CT molecular complexity index is 814. The van der Waals surface area contributed by atoms with Crippen molar-refractivity contribution in [3.8, 4) is 5.75 Å². The minimum Gasteiger partial charge on any atom is -0.489 e. The van der Waals surface area contributed by atoms with Crippen molar-refractivity contribution in [3.63, 3.8) is 0 Å². The van der Waals surface area contributed by atoms with E-state index in [-0.39, 0.29) is 6.01 Å². The van der Waals surface area contributed by atoms with Gasteiger partial charge in [-0.3, -0.25) is 0 Å². The molecule has 0 amide bonds. The molecule has 162 valence electrons. The standard InChI is InChI=1S/C15H16O.C7H12N4O.C2H6/c1-12-3-7-14(8-4-12)11-16-15-9-5-13(2)6-10-15;1-4-2-5(4)9-3-6-10-11-7(8)12-6;1-2/h3-10H,11H2,1-2H3;4-5,9H,2-3H2,1H3,(H2,8,11);1-2H3/t;4?,5-;/m.0./s1. The van der Waals surface area contributed by atoms with Crippen LogP contribution in [-0.2, 0) is 13.2 Å². The Morgan fingerprint density at radius 1 is 1.00 bits per heavy atom. The summed E-state index contributed by atoms with van der Waals surface area (Å²) in [5, 5.41) is 10.6. The Kier molecular flexibility index (Phi) is 9.35. The Labute approximate surface area is 179 Å². The third kappa shape index (κ3) is 8.25. The number of aryl methyl sites for hydroxylation is 2. The maximum Gasteiger partial charge on any atom is 0.312 e. The van der Waals surface area contributed by atoms with Crippen molar-refractivity contribution < 1.29 is 9.15 Å². The summed E-state index contributed by atoms with van der Waals surface area (Å²) in [7, 11) is 0. The van der Waals surface area contributed by atoms with E-state index in [0.29, 0.717) is 25.1 Å². The fourth-order valence-electron chi connectivity index (χ4n) is 2.65. The second-order valence-corrected chi connectivity index (χ2v) is 7.32. The normalized spacial score (nSPS) is 16.6. The molecule has 6 nitrogen and oxygen atoms in total. The van der Waals surface area contributed by atoms with Gasteiger partial charge >= 0.3 is 6.01 Å². The molecule has 1 aliphatic carbocycles. The molecule has 3 N–H and O–H groups in total. The van der Waals surface area contributed by atoms with Gasteiger partial charge in [0.15, 0.2) is 0 Å². The molecule has 3 aromatic rings. The van der Waals surface area contributed by atoms with E-state index in [2.05, 4.69) is 72.7 Å². The van der Waals surface area contributed by atoms with Crippen molar-refractivity contribution in [1.29, 1.82) is 0 Å². The molecule has 1 fully saturated rings. The van der Waals surface area contributed by atoms with Gasteiger partial charge in [0.1, 0.15) is 12.4 Å². The van der Waals surface area contributed by atoms with E-state index >= 15 is 0 Å². The third-order valence-electron chi connectivity index (χ3n) is 4.65. The summed E-state index contributed by atoms with van der Waals surface area (Å²) in [4.78, 5) is 0. The Morgan fingerprint density at radius 3 is 2.07 bits per heavy atom. The van der Waals surface area contributed by atoms with Gasteiger partial charge in [0, 0.05) is 6.04 Å². The number of benzene rings is 2. The van der Waals surface area contributed by atoms with Crippen LogP contribution in [0.4, 0.5) is 6.01 Å². The lowest BCUT2D eigenvalue weighted by molar-refractivity contribution is 0.306. The summed E-state index contributed by atoms with van der Waals surface area (Å²) in [6, 6.07) is 17.3. The van der Waals surface area contributed by atoms with Gasteiger partial charge in [0.25, 0.3) is 0 Å². The smallest absolute Gasteiger partial charge is 0.312 e. The predicted molar refractivity (Wildman–Crippen MR) is 121 cm³/mol. The molecule has 30 heavy (non-hydrogen) atoms. The highest BCUT2D eigenvalue weighted by atomic mass is 16.5. The fraction of sp³-hybridized carbons (Fsp3) is 0.417. The van der Waals surface area contributed by atoms with E-state index in [0.717, 1.165) is 11.7 Å². The summed E-state index contributed by atoms with van der Waals surface area (Å²) < 4.78 is 10.7.